The molecule has 0 amide bonds. The van der Waals surface area contributed by atoms with Crippen LogP contribution >= 0.6 is 0 Å². The number of hydrogen-bond acceptors (Lipinski definition) is 4. The Labute approximate surface area is 114 Å². The molecule has 19 heavy (non-hydrogen) atoms. The number of nitrogens with one attached hydrogen (secondary N) is 1. The van der Waals surface area contributed by atoms with Crippen molar-refractivity contribution in [2.75, 3.05) is 26.5 Å². The molecule has 2 N–H and O–H groups in total. The van der Waals surface area contributed by atoms with E-state index in [1.54, 1.807) is 0 Å². The van der Waals surface area contributed by atoms with Crippen molar-refractivity contribution in [2.45, 2.75) is 32.6 Å². The molecule has 0 atom stereocenters. The molecule has 0 aliphatic carbocycles. The molecular formula is C15H23NO3. The first kappa shape index (κ1) is 14.2. The van der Waals surface area contributed by atoms with Crippen molar-refractivity contribution in [2.24, 2.45) is 0 Å². The molecular weight excluding hydrogens is 242 g/mol. The summed E-state index contributed by atoms with van der Waals surface area (Å²) in [5.74, 6) is 1.68. The van der Waals surface area contributed by atoms with Crippen LogP contribution < -0.4 is 14.8 Å². The van der Waals surface area contributed by atoms with Gasteiger partial charge in [-0.1, -0.05) is 13.8 Å². The highest BCUT2D eigenvalue weighted by molar-refractivity contribution is 5.50. The van der Waals surface area contributed by atoms with Crippen molar-refractivity contribution >= 4 is 0 Å². The lowest BCUT2D eigenvalue weighted by molar-refractivity contribution is 0.174. The summed E-state index contributed by atoms with van der Waals surface area (Å²) in [6.45, 7) is 8.78. The van der Waals surface area contributed by atoms with Crippen molar-refractivity contribution in [3.63, 3.8) is 0 Å². The van der Waals surface area contributed by atoms with Gasteiger partial charge in [0.1, 0.15) is 0 Å². The van der Waals surface area contributed by atoms with Gasteiger partial charge in [-0.25, -0.2) is 0 Å². The van der Waals surface area contributed by atoms with E-state index >= 15 is 0 Å². The van der Waals surface area contributed by atoms with Gasteiger partial charge in [-0.05, 0) is 43.1 Å². The average Bonchev–Trinajstić information content (AvgIpc) is 2.80. The summed E-state index contributed by atoms with van der Waals surface area (Å²) in [6.07, 6.45) is 0.788. The molecule has 0 saturated heterocycles. The van der Waals surface area contributed by atoms with E-state index in [9.17, 15) is 0 Å². The van der Waals surface area contributed by atoms with Crippen LogP contribution in [-0.2, 0) is 5.41 Å². The Morgan fingerprint density at radius 1 is 1.26 bits per heavy atom. The summed E-state index contributed by atoms with van der Waals surface area (Å²) >= 11 is 0. The van der Waals surface area contributed by atoms with Gasteiger partial charge in [-0.15, -0.1) is 0 Å². The molecule has 1 aromatic rings. The summed E-state index contributed by atoms with van der Waals surface area (Å²) in [5.41, 5.74) is 2.51. The zero-order chi connectivity index (χ0) is 13.9. The minimum absolute atomic E-state index is 0.0144. The number of benzene rings is 1. The van der Waals surface area contributed by atoms with Crippen LogP contribution in [0.5, 0.6) is 11.5 Å². The van der Waals surface area contributed by atoms with Gasteiger partial charge in [-0.2, -0.15) is 0 Å². The first-order chi connectivity index (χ1) is 9.04. The lowest BCUT2D eigenvalue weighted by atomic mass is 9.81. The van der Waals surface area contributed by atoms with Crippen molar-refractivity contribution in [1.29, 1.82) is 0 Å². The highest BCUT2D eigenvalue weighted by atomic mass is 16.7. The van der Waals surface area contributed by atoms with Crippen LogP contribution in [-0.4, -0.2) is 31.6 Å². The monoisotopic (exact) mass is 265 g/mol. The molecule has 0 fully saturated rings. The standard InChI is InChI=1S/C15H23NO3/c1-11-7-13-14(19-10-18-13)8-12(11)15(2,3)9-16-5-4-6-17/h7-8,16-17H,4-6,9-10H2,1-3H3. The maximum absolute atomic E-state index is 8.79. The predicted molar refractivity (Wildman–Crippen MR) is 74.9 cm³/mol. The maximum atomic E-state index is 8.79. The molecule has 0 radical (unpaired) electrons. The first-order valence-electron chi connectivity index (χ1n) is 6.77. The molecule has 1 aliphatic rings. The Morgan fingerprint density at radius 3 is 2.63 bits per heavy atom. The van der Waals surface area contributed by atoms with Gasteiger partial charge in [0.2, 0.25) is 6.79 Å². The van der Waals surface area contributed by atoms with Crippen LogP contribution in [0.4, 0.5) is 0 Å². The second-order valence-corrected chi connectivity index (χ2v) is 5.66. The second-order valence-electron chi connectivity index (χ2n) is 5.66. The van der Waals surface area contributed by atoms with Crippen LogP contribution in [0.2, 0.25) is 0 Å². The number of aliphatic hydroxyl groups is 1. The molecule has 1 aromatic carbocycles. The predicted octanol–water partition coefficient (Wildman–Crippen LogP) is 1.97. The minimum atomic E-state index is 0.0144. The number of aryl methyl sites for hydroxylation is 1. The fourth-order valence-electron chi connectivity index (χ4n) is 2.47. The van der Waals surface area contributed by atoms with E-state index < -0.39 is 0 Å². The average molecular weight is 265 g/mol. The number of hydrogen-bond donors (Lipinski definition) is 2. The highest BCUT2D eigenvalue weighted by Gasteiger charge is 2.25. The molecule has 4 heteroatoms. The quantitative estimate of drug-likeness (QED) is 0.772. The van der Waals surface area contributed by atoms with Gasteiger partial charge >= 0.3 is 0 Å². The fourth-order valence-corrected chi connectivity index (χ4v) is 2.47. The molecule has 2 rings (SSSR count). The third kappa shape index (κ3) is 3.19. The Hall–Kier alpha value is -1.26. The van der Waals surface area contributed by atoms with Crippen LogP contribution in [0.1, 0.15) is 31.4 Å². The maximum Gasteiger partial charge on any atom is 0.231 e. The van der Waals surface area contributed by atoms with E-state index in [1.807, 2.05) is 6.07 Å². The summed E-state index contributed by atoms with van der Waals surface area (Å²) in [6, 6.07) is 4.14. The molecule has 0 aromatic heterocycles. The number of fused-ring (bicyclic) bond motifs is 1. The Kier molecular flexibility index (Phi) is 4.32. The van der Waals surface area contributed by atoms with Gasteiger partial charge in [-0.3, -0.25) is 0 Å². The van der Waals surface area contributed by atoms with Gasteiger partial charge in [0.05, 0.1) is 0 Å². The summed E-state index contributed by atoms with van der Waals surface area (Å²) < 4.78 is 10.9. The molecule has 0 spiro atoms. The molecule has 1 aliphatic heterocycles. The van der Waals surface area contributed by atoms with E-state index in [0.29, 0.717) is 6.79 Å². The van der Waals surface area contributed by atoms with E-state index in [4.69, 9.17) is 14.6 Å². The van der Waals surface area contributed by atoms with Crippen molar-refractivity contribution in [3.05, 3.63) is 23.3 Å². The zero-order valence-electron chi connectivity index (χ0n) is 12.0. The zero-order valence-corrected chi connectivity index (χ0v) is 12.0. The molecule has 0 bridgehead atoms. The number of aliphatic hydroxyl groups excluding tert-OH is 1. The van der Waals surface area contributed by atoms with Crippen molar-refractivity contribution in [1.82, 2.24) is 5.32 Å². The molecule has 4 nitrogen and oxygen atoms in total. The van der Waals surface area contributed by atoms with E-state index in [-0.39, 0.29) is 12.0 Å². The number of ether oxygens (including phenoxy) is 2. The van der Waals surface area contributed by atoms with E-state index in [1.165, 1.54) is 11.1 Å². The molecule has 0 saturated carbocycles. The SMILES string of the molecule is Cc1cc2c(cc1C(C)(C)CNCCCO)OCO2. The highest BCUT2D eigenvalue weighted by Crippen LogP contribution is 2.38. The van der Waals surface area contributed by atoms with Gasteiger partial charge in [0, 0.05) is 18.6 Å². The van der Waals surface area contributed by atoms with E-state index in [0.717, 1.165) is 31.0 Å². The molecule has 106 valence electrons. The largest absolute Gasteiger partial charge is 0.454 e. The molecule has 1 heterocycles. The van der Waals surface area contributed by atoms with Crippen LogP contribution in [0.15, 0.2) is 12.1 Å². The van der Waals surface area contributed by atoms with Gasteiger partial charge in [0.15, 0.2) is 11.5 Å². The normalized spacial score (nSPS) is 13.9. The van der Waals surface area contributed by atoms with Gasteiger partial charge in [0.25, 0.3) is 0 Å². The smallest absolute Gasteiger partial charge is 0.231 e. The minimum Gasteiger partial charge on any atom is -0.454 e. The van der Waals surface area contributed by atoms with Gasteiger partial charge < -0.3 is 19.9 Å². The van der Waals surface area contributed by atoms with E-state index in [2.05, 4.69) is 32.2 Å². The van der Waals surface area contributed by atoms with Crippen LogP contribution in [0.3, 0.4) is 0 Å². The number of rotatable bonds is 6. The Bertz CT molecular complexity index is 443. The molecule has 0 unspecified atom stereocenters. The van der Waals surface area contributed by atoms with Crippen molar-refractivity contribution < 1.29 is 14.6 Å². The summed E-state index contributed by atoms with van der Waals surface area (Å²) in [4.78, 5) is 0. The first-order valence-corrected chi connectivity index (χ1v) is 6.77. The van der Waals surface area contributed by atoms with Crippen LogP contribution in [0, 0.1) is 6.92 Å². The van der Waals surface area contributed by atoms with Crippen molar-refractivity contribution in [3.8, 4) is 11.5 Å². The second kappa shape index (κ2) is 5.80. The lowest BCUT2D eigenvalue weighted by Crippen LogP contribution is -2.34. The van der Waals surface area contributed by atoms with Crippen LogP contribution in [0.25, 0.3) is 0 Å². The summed E-state index contributed by atoms with van der Waals surface area (Å²) in [5, 5.41) is 12.2. The Balaban J connectivity index is 2.11. The third-order valence-corrected chi connectivity index (χ3v) is 3.53. The Morgan fingerprint density at radius 2 is 1.95 bits per heavy atom. The topological polar surface area (TPSA) is 50.7 Å². The fraction of sp³-hybridized carbons (Fsp3) is 0.600. The summed E-state index contributed by atoms with van der Waals surface area (Å²) in [7, 11) is 0. The third-order valence-electron chi connectivity index (χ3n) is 3.53. The lowest BCUT2D eigenvalue weighted by Gasteiger charge is -2.28.